The lowest BCUT2D eigenvalue weighted by Crippen LogP contribution is -2.35. The molecule has 3 rings (SSSR count). The molecular formula is C22H29N3O3S. The van der Waals surface area contributed by atoms with Crippen molar-refractivity contribution in [2.75, 3.05) is 30.3 Å². The fraction of sp³-hybridized carbons (Fsp3) is 0.409. The molecule has 0 radical (unpaired) electrons. The largest absolute Gasteiger partial charge is 0.376 e. The lowest BCUT2D eigenvalue weighted by molar-refractivity contribution is -0.114. The molecule has 1 amide bonds. The Labute approximate surface area is 173 Å². The summed E-state index contributed by atoms with van der Waals surface area (Å²) >= 11 is 0. The van der Waals surface area contributed by atoms with Crippen LogP contribution in [0.3, 0.4) is 0 Å². The zero-order valence-electron chi connectivity index (χ0n) is 17.1. The van der Waals surface area contributed by atoms with Gasteiger partial charge in [0.15, 0.2) is 0 Å². The smallest absolute Gasteiger partial charge is 0.243 e. The van der Waals surface area contributed by atoms with Gasteiger partial charge in [0.1, 0.15) is 0 Å². The first-order chi connectivity index (χ1) is 13.9. The molecule has 1 aliphatic heterocycles. The first-order valence-corrected chi connectivity index (χ1v) is 11.6. The zero-order chi connectivity index (χ0) is 20.9. The summed E-state index contributed by atoms with van der Waals surface area (Å²) in [6.07, 6.45) is 3.75. The van der Waals surface area contributed by atoms with E-state index in [2.05, 4.69) is 17.6 Å². The molecule has 0 unspecified atom stereocenters. The monoisotopic (exact) mass is 415 g/mol. The lowest BCUT2D eigenvalue weighted by Gasteiger charge is -2.25. The molecule has 0 spiro atoms. The van der Waals surface area contributed by atoms with Gasteiger partial charge in [0.2, 0.25) is 15.9 Å². The van der Waals surface area contributed by atoms with Gasteiger partial charge in [0.25, 0.3) is 0 Å². The van der Waals surface area contributed by atoms with Gasteiger partial charge in [0, 0.05) is 24.5 Å². The maximum absolute atomic E-state index is 12.7. The standard InChI is InChI=1S/C22H29N3O3S/c1-3-18-9-7-8-17(2)22(18)24-21(26)16-23-19-10-12-20(13-11-19)29(27,28)25-14-5-4-6-15-25/h7-13,23H,3-6,14-16H2,1-2H3,(H,24,26). The number of para-hydroxylation sites is 1. The fourth-order valence-corrected chi connectivity index (χ4v) is 5.08. The van der Waals surface area contributed by atoms with Crippen LogP contribution >= 0.6 is 0 Å². The zero-order valence-corrected chi connectivity index (χ0v) is 17.9. The SMILES string of the molecule is CCc1cccc(C)c1NC(=O)CNc1ccc(S(=O)(=O)N2CCCCC2)cc1. The molecule has 2 aromatic rings. The minimum Gasteiger partial charge on any atom is -0.376 e. The van der Waals surface area contributed by atoms with E-state index < -0.39 is 10.0 Å². The number of hydrogen-bond donors (Lipinski definition) is 2. The van der Waals surface area contributed by atoms with Gasteiger partial charge in [0.05, 0.1) is 11.4 Å². The molecule has 0 aliphatic carbocycles. The summed E-state index contributed by atoms with van der Waals surface area (Å²) in [5, 5.41) is 6.03. The molecule has 0 atom stereocenters. The van der Waals surface area contributed by atoms with Gasteiger partial charge in [-0.2, -0.15) is 4.31 Å². The number of sulfonamides is 1. The van der Waals surface area contributed by atoms with Crippen molar-refractivity contribution >= 4 is 27.3 Å². The van der Waals surface area contributed by atoms with E-state index >= 15 is 0 Å². The van der Waals surface area contributed by atoms with Crippen LogP contribution in [0.15, 0.2) is 47.4 Å². The van der Waals surface area contributed by atoms with E-state index in [1.807, 2.05) is 25.1 Å². The number of nitrogens with one attached hydrogen (secondary N) is 2. The van der Waals surface area contributed by atoms with Gasteiger partial charge in [-0.05, 0) is 61.6 Å². The van der Waals surface area contributed by atoms with Crippen LogP contribution in [0.25, 0.3) is 0 Å². The lowest BCUT2D eigenvalue weighted by atomic mass is 10.1. The highest BCUT2D eigenvalue weighted by Gasteiger charge is 2.25. The second kappa shape index (κ2) is 9.41. The van der Waals surface area contributed by atoms with Crippen LogP contribution in [-0.2, 0) is 21.2 Å². The Kier molecular flexibility index (Phi) is 6.92. The number of carbonyl (C=O) groups excluding carboxylic acids is 1. The van der Waals surface area contributed by atoms with Gasteiger partial charge in [-0.3, -0.25) is 4.79 Å². The molecule has 2 N–H and O–H groups in total. The minimum absolute atomic E-state index is 0.107. The molecule has 1 aliphatic rings. The Bertz CT molecular complexity index is 950. The van der Waals surface area contributed by atoms with E-state index in [0.717, 1.165) is 42.5 Å². The molecule has 7 heteroatoms. The molecule has 2 aromatic carbocycles. The molecule has 156 valence electrons. The number of anilines is 2. The van der Waals surface area contributed by atoms with Crippen molar-refractivity contribution in [3.63, 3.8) is 0 Å². The van der Waals surface area contributed by atoms with Gasteiger partial charge in [-0.25, -0.2) is 8.42 Å². The van der Waals surface area contributed by atoms with Gasteiger partial charge < -0.3 is 10.6 Å². The molecule has 1 heterocycles. The molecule has 0 aromatic heterocycles. The molecule has 0 bridgehead atoms. The molecule has 1 saturated heterocycles. The average Bonchev–Trinajstić information content (AvgIpc) is 2.74. The van der Waals surface area contributed by atoms with E-state index in [1.54, 1.807) is 28.6 Å². The molecular weight excluding hydrogens is 386 g/mol. The quantitative estimate of drug-likeness (QED) is 0.721. The topological polar surface area (TPSA) is 78.5 Å². The third kappa shape index (κ3) is 5.16. The highest BCUT2D eigenvalue weighted by Crippen LogP contribution is 2.23. The Hall–Kier alpha value is -2.38. The minimum atomic E-state index is -3.44. The van der Waals surface area contributed by atoms with Crippen LogP contribution in [-0.4, -0.2) is 38.3 Å². The summed E-state index contributed by atoms with van der Waals surface area (Å²) in [5.41, 5.74) is 3.71. The van der Waals surface area contributed by atoms with E-state index in [0.29, 0.717) is 23.7 Å². The molecule has 1 fully saturated rings. The van der Waals surface area contributed by atoms with Crippen LogP contribution in [0.4, 0.5) is 11.4 Å². The Morgan fingerprint density at radius 3 is 2.38 bits per heavy atom. The molecule has 6 nitrogen and oxygen atoms in total. The maximum atomic E-state index is 12.7. The number of nitrogens with zero attached hydrogens (tertiary/aromatic N) is 1. The second-order valence-electron chi connectivity index (χ2n) is 7.35. The number of benzene rings is 2. The number of amides is 1. The van der Waals surface area contributed by atoms with Crippen molar-refractivity contribution in [3.05, 3.63) is 53.6 Å². The third-order valence-electron chi connectivity index (χ3n) is 5.26. The van der Waals surface area contributed by atoms with Gasteiger partial charge >= 0.3 is 0 Å². The summed E-state index contributed by atoms with van der Waals surface area (Å²) in [4.78, 5) is 12.7. The first-order valence-electron chi connectivity index (χ1n) is 10.1. The summed E-state index contributed by atoms with van der Waals surface area (Å²) in [6, 6.07) is 12.6. The predicted octanol–water partition coefficient (Wildman–Crippen LogP) is 3.78. The van der Waals surface area contributed by atoms with Crippen LogP contribution in [0.5, 0.6) is 0 Å². The Balaban J connectivity index is 1.60. The Morgan fingerprint density at radius 1 is 1.03 bits per heavy atom. The summed E-state index contributed by atoms with van der Waals surface area (Å²) in [6.45, 7) is 5.31. The predicted molar refractivity (Wildman–Crippen MR) is 117 cm³/mol. The van der Waals surface area contributed by atoms with Gasteiger partial charge in [-0.15, -0.1) is 0 Å². The van der Waals surface area contributed by atoms with Crippen molar-refractivity contribution in [1.29, 1.82) is 0 Å². The fourth-order valence-electron chi connectivity index (χ4n) is 3.57. The number of carbonyl (C=O) groups is 1. The third-order valence-corrected chi connectivity index (χ3v) is 7.18. The number of hydrogen-bond acceptors (Lipinski definition) is 4. The molecule has 0 saturated carbocycles. The van der Waals surface area contributed by atoms with Crippen LogP contribution in [0.1, 0.15) is 37.3 Å². The summed E-state index contributed by atoms with van der Waals surface area (Å²) in [7, 11) is -3.44. The van der Waals surface area contributed by atoms with E-state index in [4.69, 9.17) is 0 Å². The van der Waals surface area contributed by atoms with Crippen LogP contribution < -0.4 is 10.6 Å². The van der Waals surface area contributed by atoms with Crippen molar-refractivity contribution in [2.24, 2.45) is 0 Å². The van der Waals surface area contributed by atoms with Crippen molar-refractivity contribution in [1.82, 2.24) is 4.31 Å². The normalized spacial score (nSPS) is 15.1. The second-order valence-corrected chi connectivity index (χ2v) is 9.29. The average molecular weight is 416 g/mol. The van der Waals surface area contributed by atoms with Crippen molar-refractivity contribution in [3.8, 4) is 0 Å². The highest BCUT2D eigenvalue weighted by atomic mass is 32.2. The number of rotatable bonds is 7. The summed E-state index contributed by atoms with van der Waals surface area (Å²) in [5.74, 6) is -0.140. The van der Waals surface area contributed by atoms with Crippen LogP contribution in [0.2, 0.25) is 0 Å². The van der Waals surface area contributed by atoms with Crippen LogP contribution in [0, 0.1) is 6.92 Å². The van der Waals surface area contributed by atoms with Crippen molar-refractivity contribution in [2.45, 2.75) is 44.4 Å². The van der Waals surface area contributed by atoms with E-state index in [9.17, 15) is 13.2 Å². The van der Waals surface area contributed by atoms with Crippen molar-refractivity contribution < 1.29 is 13.2 Å². The maximum Gasteiger partial charge on any atom is 0.243 e. The molecule has 29 heavy (non-hydrogen) atoms. The van der Waals surface area contributed by atoms with E-state index in [1.165, 1.54) is 0 Å². The highest BCUT2D eigenvalue weighted by molar-refractivity contribution is 7.89. The number of piperidine rings is 1. The number of aryl methyl sites for hydroxylation is 2. The first kappa shape index (κ1) is 21.3. The summed E-state index contributed by atoms with van der Waals surface area (Å²) < 4.78 is 27.0. The van der Waals surface area contributed by atoms with Gasteiger partial charge in [-0.1, -0.05) is 31.5 Å². The van der Waals surface area contributed by atoms with E-state index in [-0.39, 0.29) is 12.5 Å². The Morgan fingerprint density at radius 2 is 1.72 bits per heavy atom.